The van der Waals surface area contributed by atoms with Crippen LogP contribution in [0.5, 0.6) is 0 Å². The van der Waals surface area contributed by atoms with Crippen molar-refractivity contribution in [2.45, 2.75) is 202 Å². The van der Waals surface area contributed by atoms with E-state index in [-0.39, 0.29) is 0 Å². The second kappa shape index (κ2) is 20.0. The third-order valence-corrected chi connectivity index (χ3v) is 12.4. The molecule has 0 heteroatoms. The quantitative estimate of drug-likeness (QED) is 0.317. The van der Waals surface area contributed by atoms with E-state index in [1.807, 2.05) is 0 Å². The van der Waals surface area contributed by atoms with Crippen LogP contribution >= 0.6 is 0 Å². The first-order valence-corrected chi connectivity index (χ1v) is 19.4. The Morgan fingerprint density at radius 2 is 0.475 bits per heavy atom. The van der Waals surface area contributed by atoms with Crippen LogP contribution in [0, 0.1) is 53.3 Å². The fourth-order valence-corrected chi connectivity index (χ4v) is 8.77. The Morgan fingerprint density at radius 3 is 0.875 bits per heavy atom. The van der Waals surface area contributed by atoms with Gasteiger partial charge >= 0.3 is 0 Å². The van der Waals surface area contributed by atoms with Gasteiger partial charge in [-0.2, -0.15) is 0 Å². The Kier molecular flexibility index (Phi) is 17.3. The van der Waals surface area contributed by atoms with E-state index in [0.29, 0.717) is 0 Å². The van der Waals surface area contributed by atoms with Crippen molar-refractivity contribution in [3.63, 3.8) is 0 Å². The van der Waals surface area contributed by atoms with Crippen LogP contribution in [0.3, 0.4) is 0 Å². The smallest absolute Gasteiger partial charge is 0.0383 e. The summed E-state index contributed by atoms with van der Waals surface area (Å²) in [5.74, 6) is 9.31. The van der Waals surface area contributed by atoms with Crippen molar-refractivity contribution < 1.29 is 0 Å². The molecule has 0 aliphatic heterocycles. The van der Waals surface area contributed by atoms with Gasteiger partial charge in [0.05, 0.1) is 0 Å². The molecule has 5 rings (SSSR count). The summed E-state index contributed by atoms with van der Waals surface area (Å²) in [6.45, 7) is 12.3. The van der Waals surface area contributed by atoms with Crippen molar-refractivity contribution in [1.29, 1.82) is 0 Å². The molecule has 5 aliphatic rings. The monoisotopic (exact) mass is 557 g/mol. The minimum absolute atomic E-state index is 0.982. The molecule has 6 unspecified atom stereocenters. The van der Waals surface area contributed by atoms with Gasteiger partial charge in [-0.1, -0.05) is 169 Å². The van der Waals surface area contributed by atoms with E-state index in [4.69, 9.17) is 0 Å². The van der Waals surface area contributed by atoms with Gasteiger partial charge in [-0.15, -0.1) is 0 Å². The van der Waals surface area contributed by atoms with E-state index >= 15 is 0 Å². The lowest BCUT2D eigenvalue weighted by atomic mass is 9.67. The molecule has 0 bridgehead atoms. The molecule has 0 saturated heterocycles. The first-order chi connectivity index (χ1) is 19.4. The lowest BCUT2D eigenvalue weighted by molar-refractivity contribution is 0.123. The first kappa shape index (κ1) is 34.5. The van der Waals surface area contributed by atoms with Gasteiger partial charge in [0, 0.05) is 0 Å². The Balaban J connectivity index is 0.000000276. The molecule has 0 radical (unpaired) electrons. The van der Waals surface area contributed by atoms with Gasteiger partial charge in [0.15, 0.2) is 0 Å². The maximum absolute atomic E-state index is 2.56. The molecule has 6 atom stereocenters. The minimum atomic E-state index is 0.982. The third-order valence-electron chi connectivity index (χ3n) is 12.4. The van der Waals surface area contributed by atoms with Gasteiger partial charge < -0.3 is 0 Å². The molecule has 5 fully saturated rings. The molecule has 5 aliphatic carbocycles. The van der Waals surface area contributed by atoms with Crippen molar-refractivity contribution in [3.05, 3.63) is 0 Å². The number of hydrogen-bond acceptors (Lipinski definition) is 0. The molecule has 0 aromatic heterocycles. The first-order valence-electron chi connectivity index (χ1n) is 19.4. The second-order valence-electron chi connectivity index (χ2n) is 16.6. The zero-order chi connectivity index (χ0) is 28.6. The van der Waals surface area contributed by atoms with Crippen LogP contribution in [0.4, 0.5) is 0 Å². The molecule has 236 valence electrons. The van der Waals surface area contributed by atoms with E-state index < -0.39 is 0 Å². The SMILES string of the molecule is CC1CC1.CC1CCCCC(C2CCC(C)CCC(C3CCCCC(C)CC3)C2)CC1.CC1CCCCCCC1. The second-order valence-corrected chi connectivity index (χ2v) is 16.6. The highest BCUT2D eigenvalue weighted by Gasteiger charge is 2.32. The minimum Gasteiger partial charge on any atom is -0.0625 e. The summed E-state index contributed by atoms with van der Waals surface area (Å²) in [6, 6.07) is 0. The Labute approximate surface area is 254 Å². The van der Waals surface area contributed by atoms with E-state index in [2.05, 4.69) is 34.6 Å². The summed E-state index contributed by atoms with van der Waals surface area (Å²) in [4.78, 5) is 0. The van der Waals surface area contributed by atoms with E-state index in [1.165, 1.54) is 122 Å². The maximum atomic E-state index is 2.56. The molecular formula is C40H76. The fourth-order valence-electron chi connectivity index (χ4n) is 8.77. The summed E-state index contributed by atoms with van der Waals surface area (Å²) >= 11 is 0. The molecule has 40 heavy (non-hydrogen) atoms. The van der Waals surface area contributed by atoms with E-state index in [1.54, 1.807) is 44.9 Å². The standard InChI is InChI=1S/C27H50.C9H18.C4H8/c1-21-8-4-6-10-24(16-12-21)26-18-14-23(3)15-19-27(20-26)25-11-7-5-9-22(2)13-17-25;1-9-7-5-3-2-4-6-8-9;1-4-2-3-4/h21-27H,4-20H2,1-3H3;9H,2-8H2,1H3;4H,2-3H2,1H3. The number of rotatable bonds is 2. The van der Waals surface area contributed by atoms with Crippen LogP contribution in [0.1, 0.15) is 202 Å². The number of hydrogen-bond donors (Lipinski definition) is 0. The molecule has 0 N–H and O–H groups in total. The highest BCUT2D eigenvalue weighted by Crippen LogP contribution is 2.44. The van der Waals surface area contributed by atoms with Crippen LogP contribution < -0.4 is 0 Å². The summed E-state index contributed by atoms with van der Waals surface area (Å²) in [5, 5.41) is 0. The summed E-state index contributed by atoms with van der Waals surface area (Å²) in [5.41, 5.74) is 0. The Bertz CT molecular complexity index is 559. The van der Waals surface area contributed by atoms with Crippen molar-refractivity contribution in [1.82, 2.24) is 0 Å². The summed E-state index contributed by atoms with van der Waals surface area (Å²) in [6.07, 6.45) is 39.4. The molecule has 5 saturated carbocycles. The topological polar surface area (TPSA) is 0 Å². The van der Waals surface area contributed by atoms with Gasteiger partial charge in [-0.3, -0.25) is 0 Å². The zero-order valence-electron chi connectivity index (χ0n) is 28.6. The highest BCUT2D eigenvalue weighted by atomic mass is 14.4. The van der Waals surface area contributed by atoms with Crippen LogP contribution in [0.25, 0.3) is 0 Å². The predicted molar refractivity (Wildman–Crippen MR) is 180 cm³/mol. The normalized spacial score (nSPS) is 37.6. The van der Waals surface area contributed by atoms with Crippen LogP contribution in [-0.2, 0) is 0 Å². The van der Waals surface area contributed by atoms with Gasteiger partial charge in [-0.05, 0) is 85.4 Å². The van der Waals surface area contributed by atoms with Crippen molar-refractivity contribution in [3.8, 4) is 0 Å². The van der Waals surface area contributed by atoms with Crippen LogP contribution in [-0.4, -0.2) is 0 Å². The van der Waals surface area contributed by atoms with Crippen molar-refractivity contribution >= 4 is 0 Å². The largest absolute Gasteiger partial charge is 0.0625 e. The van der Waals surface area contributed by atoms with Crippen LogP contribution in [0.2, 0.25) is 0 Å². The predicted octanol–water partition coefficient (Wildman–Crippen LogP) is 13.8. The summed E-state index contributed by atoms with van der Waals surface area (Å²) < 4.78 is 0. The molecule has 0 nitrogen and oxygen atoms in total. The lowest BCUT2D eigenvalue weighted by Crippen LogP contribution is -2.28. The summed E-state index contributed by atoms with van der Waals surface area (Å²) in [7, 11) is 0. The van der Waals surface area contributed by atoms with Crippen molar-refractivity contribution in [2.24, 2.45) is 53.3 Å². The van der Waals surface area contributed by atoms with Gasteiger partial charge in [0.25, 0.3) is 0 Å². The van der Waals surface area contributed by atoms with E-state index in [0.717, 1.165) is 53.3 Å². The zero-order valence-corrected chi connectivity index (χ0v) is 28.6. The van der Waals surface area contributed by atoms with Gasteiger partial charge in [0.2, 0.25) is 0 Å². The molecule has 0 amide bonds. The molecule has 0 heterocycles. The Hall–Kier alpha value is 0. The third kappa shape index (κ3) is 14.9. The van der Waals surface area contributed by atoms with Crippen LogP contribution in [0.15, 0.2) is 0 Å². The highest BCUT2D eigenvalue weighted by molar-refractivity contribution is 4.83. The average molecular weight is 557 g/mol. The molecular weight excluding hydrogens is 480 g/mol. The fraction of sp³-hybridized carbons (Fsp3) is 1.00. The maximum Gasteiger partial charge on any atom is -0.0383 e. The lowest BCUT2D eigenvalue weighted by Gasteiger charge is -2.39. The molecule has 0 spiro atoms. The average Bonchev–Trinajstić information content (AvgIpc) is 3.68. The Morgan fingerprint density at radius 1 is 0.225 bits per heavy atom. The van der Waals surface area contributed by atoms with Gasteiger partial charge in [0.1, 0.15) is 0 Å². The van der Waals surface area contributed by atoms with Crippen molar-refractivity contribution in [2.75, 3.05) is 0 Å². The van der Waals surface area contributed by atoms with E-state index in [9.17, 15) is 0 Å². The van der Waals surface area contributed by atoms with Gasteiger partial charge in [-0.25, -0.2) is 0 Å². The molecule has 0 aromatic rings. The molecule has 0 aromatic carbocycles.